The number of ether oxygens (including phenoxy) is 1. The van der Waals surface area contributed by atoms with Crippen LogP contribution >= 0.6 is 0 Å². The molecule has 0 bridgehead atoms. The largest absolute Gasteiger partial charge is 0.382 e. The predicted octanol–water partition coefficient (Wildman–Crippen LogP) is 3.82. The number of nitrogens with one attached hydrogen (secondary N) is 1. The number of rotatable bonds is 5. The van der Waals surface area contributed by atoms with E-state index in [4.69, 9.17) is 4.74 Å². The number of methoxy groups -OCH3 is 1. The normalized spacial score (nSPS) is 18.2. The van der Waals surface area contributed by atoms with Crippen LogP contribution in [0, 0.1) is 5.92 Å². The van der Waals surface area contributed by atoms with Gasteiger partial charge >= 0.3 is 0 Å². The number of benzene rings is 1. The van der Waals surface area contributed by atoms with Gasteiger partial charge in [-0.25, -0.2) is 0 Å². The summed E-state index contributed by atoms with van der Waals surface area (Å²) in [5.41, 5.74) is 2.45. The van der Waals surface area contributed by atoms with E-state index in [2.05, 4.69) is 36.5 Å². The van der Waals surface area contributed by atoms with Crippen molar-refractivity contribution in [2.75, 3.05) is 12.4 Å². The van der Waals surface area contributed by atoms with E-state index >= 15 is 0 Å². The molecule has 0 spiro atoms. The Hall–Kier alpha value is -1.02. The fourth-order valence-corrected chi connectivity index (χ4v) is 2.76. The summed E-state index contributed by atoms with van der Waals surface area (Å²) in [6, 6.07) is 9.11. The Morgan fingerprint density at radius 2 is 2.12 bits per heavy atom. The Balaban J connectivity index is 1.94. The monoisotopic (exact) mass is 233 g/mol. The Labute approximate surface area is 104 Å². The maximum atomic E-state index is 5.16. The van der Waals surface area contributed by atoms with Gasteiger partial charge in [-0.15, -0.1) is 0 Å². The van der Waals surface area contributed by atoms with Crippen LogP contribution in [0.4, 0.5) is 5.69 Å². The number of hydrogen-bond acceptors (Lipinski definition) is 2. The average Bonchev–Trinajstić information content (AvgIpc) is 2.83. The first-order valence-electron chi connectivity index (χ1n) is 6.64. The highest BCUT2D eigenvalue weighted by molar-refractivity contribution is 5.46. The smallest absolute Gasteiger partial charge is 0.0713 e. The van der Waals surface area contributed by atoms with E-state index in [9.17, 15) is 0 Å². The van der Waals surface area contributed by atoms with Crippen LogP contribution in [0.5, 0.6) is 0 Å². The summed E-state index contributed by atoms with van der Waals surface area (Å²) in [6.45, 7) is 2.99. The van der Waals surface area contributed by atoms with Crippen molar-refractivity contribution in [3.8, 4) is 0 Å². The molecule has 0 saturated heterocycles. The van der Waals surface area contributed by atoms with Crippen LogP contribution in [-0.2, 0) is 11.3 Å². The molecule has 94 valence electrons. The highest BCUT2D eigenvalue weighted by Gasteiger charge is 2.21. The quantitative estimate of drug-likeness (QED) is 0.834. The molecule has 1 aliphatic carbocycles. The molecule has 2 rings (SSSR count). The van der Waals surface area contributed by atoms with Crippen molar-refractivity contribution in [2.24, 2.45) is 5.92 Å². The molecule has 1 aromatic carbocycles. The van der Waals surface area contributed by atoms with Crippen molar-refractivity contribution in [1.82, 2.24) is 0 Å². The minimum Gasteiger partial charge on any atom is -0.382 e. The Morgan fingerprint density at radius 1 is 1.35 bits per heavy atom. The lowest BCUT2D eigenvalue weighted by atomic mass is 9.99. The molecular formula is C15H23NO. The van der Waals surface area contributed by atoms with Crippen molar-refractivity contribution >= 4 is 5.69 Å². The number of hydrogen-bond donors (Lipinski definition) is 1. The average molecular weight is 233 g/mol. The molecule has 0 amide bonds. The zero-order valence-electron chi connectivity index (χ0n) is 10.9. The van der Waals surface area contributed by atoms with Gasteiger partial charge in [0.05, 0.1) is 6.61 Å². The highest BCUT2D eigenvalue weighted by atomic mass is 16.5. The fraction of sp³-hybridized carbons (Fsp3) is 0.600. The van der Waals surface area contributed by atoms with E-state index in [0.29, 0.717) is 12.6 Å². The van der Waals surface area contributed by atoms with Gasteiger partial charge in [-0.05, 0) is 43.4 Å². The summed E-state index contributed by atoms with van der Waals surface area (Å²) in [5, 5.41) is 3.63. The van der Waals surface area contributed by atoms with Crippen LogP contribution in [0.1, 0.15) is 38.2 Å². The second-order valence-corrected chi connectivity index (χ2v) is 5.11. The van der Waals surface area contributed by atoms with Crippen LogP contribution in [0.2, 0.25) is 0 Å². The molecule has 1 saturated carbocycles. The molecule has 0 aromatic heterocycles. The van der Waals surface area contributed by atoms with Crippen LogP contribution in [0.25, 0.3) is 0 Å². The maximum Gasteiger partial charge on any atom is 0.0713 e. The van der Waals surface area contributed by atoms with Crippen LogP contribution in [0.3, 0.4) is 0 Å². The minimum atomic E-state index is 0.579. The lowest BCUT2D eigenvalue weighted by Gasteiger charge is -2.21. The van der Waals surface area contributed by atoms with E-state index in [1.54, 1.807) is 7.11 Å². The summed E-state index contributed by atoms with van der Waals surface area (Å²) in [4.78, 5) is 0. The third kappa shape index (κ3) is 3.47. The van der Waals surface area contributed by atoms with E-state index in [0.717, 1.165) is 5.92 Å². The van der Waals surface area contributed by atoms with Crippen LogP contribution in [-0.4, -0.2) is 13.2 Å². The zero-order chi connectivity index (χ0) is 12.1. The van der Waals surface area contributed by atoms with E-state index < -0.39 is 0 Å². The van der Waals surface area contributed by atoms with Crippen molar-refractivity contribution in [1.29, 1.82) is 0 Å². The maximum absolute atomic E-state index is 5.16. The molecule has 1 aliphatic rings. The minimum absolute atomic E-state index is 0.579. The summed E-state index contributed by atoms with van der Waals surface area (Å²) >= 11 is 0. The Bertz CT molecular complexity index is 345. The van der Waals surface area contributed by atoms with E-state index in [-0.39, 0.29) is 0 Å². The molecule has 0 radical (unpaired) electrons. The second kappa shape index (κ2) is 6.06. The topological polar surface area (TPSA) is 21.3 Å². The van der Waals surface area contributed by atoms with E-state index in [1.165, 1.54) is 36.9 Å². The first-order chi connectivity index (χ1) is 8.29. The van der Waals surface area contributed by atoms with E-state index in [1.807, 2.05) is 0 Å². The van der Waals surface area contributed by atoms with Gasteiger partial charge in [0.15, 0.2) is 0 Å². The van der Waals surface area contributed by atoms with Gasteiger partial charge in [0.25, 0.3) is 0 Å². The summed E-state index contributed by atoms with van der Waals surface area (Å²) in [6.07, 6.45) is 5.57. The van der Waals surface area contributed by atoms with Gasteiger partial charge in [0, 0.05) is 18.8 Å². The molecule has 0 heterocycles. The van der Waals surface area contributed by atoms with Gasteiger partial charge in [0.1, 0.15) is 0 Å². The van der Waals surface area contributed by atoms with Gasteiger partial charge in [-0.2, -0.15) is 0 Å². The van der Waals surface area contributed by atoms with Gasteiger partial charge < -0.3 is 10.1 Å². The molecule has 2 heteroatoms. The molecule has 1 aromatic rings. The lowest BCUT2D eigenvalue weighted by molar-refractivity contribution is 0.185. The lowest BCUT2D eigenvalue weighted by Crippen LogP contribution is -2.23. The standard InChI is InChI=1S/C15H23NO/c1-12(14-7-3-4-8-14)16-15-9-5-6-13(10-15)11-17-2/h5-6,9-10,12,14,16H,3-4,7-8,11H2,1-2H3. The van der Waals surface area contributed by atoms with Crippen molar-refractivity contribution in [3.63, 3.8) is 0 Å². The summed E-state index contributed by atoms with van der Waals surface area (Å²) in [7, 11) is 1.74. The van der Waals surface area contributed by atoms with Crippen molar-refractivity contribution < 1.29 is 4.74 Å². The summed E-state index contributed by atoms with van der Waals surface area (Å²) < 4.78 is 5.16. The van der Waals surface area contributed by atoms with Crippen molar-refractivity contribution in [2.45, 2.75) is 45.3 Å². The predicted molar refractivity (Wildman–Crippen MR) is 72.2 cm³/mol. The highest BCUT2D eigenvalue weighted by Crippen LogP contribution is 2.29. The Morgan fingerprint density at radius 3 is 2.82 bits per heavy atom. The molecule has 17 heavy (non-hydrogen) atoms. The Kier molecular flexibility index (Phi) is 4.43. The summed E-state index contributed by atoms with van der Waals surface area (Å²) in [5.74, 6) is 0.848. The zero-order valence-corrected chi connectivity index (χ0v) is 10.9. The second-order valence-electron chi connectivity index (χ2n) is 5.11. The molecule has 2 nitrogen and oxygen atoms in total. The van der Waals surface area contributed by atoms with Gasteiger partial charge in [0.2, 0.25) is 0 Å². The first kappa shape index (κ1) is 12.4. The fourth-order valence-electron chi connectivity index (χ4n) is 2.76. The van der Waals surface area contributed by atoms with Gasteiger partial charge in [-0.1, -0.05) is 25.0 Å². The molecule has 1 N–H and O–H groups in total. The van der Waals surface area contributed by atoms with Gasteiger partial charge in [-0.3, -0.25) is 0 Å². The van der Waals surface area contributed by atoms with Crippen LogP contribution < -0.4 is 5.32 Å². The van der Waals surface area contributed by atoms with Crippen LogP contribution in [0.15, 0.2) is 24.3 Å². The molecule has 0 aliphatic heterocycles. The third-order valence-electron chi connectivity index (χ3n) is 3.74. The first-order valence-corrected chi connectivity index (χ1v) is 6.64. The number of anilines is 1. The molecule has 1 unspecified atom stereocenters. The SMILES string of the molecule is COCc1cccc(NC(C)C2CCCC2)c1. The molecule has 1 fully saturated rings. The molecule has 1 atom stereocenters. The third-order valence-corrected chi connectivity index (χ3v) is 3.74. The molecular weight excluding hydrogens is 210 g/mol. The van der Waals surface area contributed by atoms with Crippen molar-refractivity contribution in [3.05, 3.63) is 29.8 Å².